The molecule has 0 atom stereocenters. The van der Waals surface area contributed by atoms with E-state index in [4.69, 9.17) is 0 Å². The number of aromatic nitrogens is 3. The van der Waals surface area contributed by atoms with Crippen LogP contribution in [0.4, 0.5) is 13.2 Å². The Hall–Kier alpha value is -2.98. The van der Waals surface area contributed by atoms with Crippen LogP contribution in [0, 0.1) is 0 Å². The molecule has 10 heteroatoms. The Morgan fingerprint density at radius 2 is 2.06 bits per heavy atom. The third-order valence-corrected chi connectivity index (χ3v) is 5.77. The minimum absolute atomic E-state index is 0.141. The maximum Gasteiger partial charge on any atom is 0.433 e. The summed E-state index contributed by atoms with van der Waals surface area (Å²) in [5.74, 6) is -0.509. The summed E-state index contributed by atoms with van der Waals surface area (Å²) in [6.07, 6.45) is 0.159. The van der Waals surface area contributed by atoms with Gasteiger partial charge in [-0.1, -0.05) is 22.0 Å². The van der Waals surface area contributed by atoms with Crippen LogP contribution in [-0.2, 0) is 12.7 Å². The predicted molar refractivity (Wildman–Crippen MR) is 117 cm³/mol. The summed E-state index contributed by atoms with van der Waals surface area (Å²) in [5, 5.41) is 10.5. The number of hydrogen-bond acceptors (Lipinski definition) is 4. The maximum absolute atomic E-state index is 13.0. The molecule has 2 N–H and O–H groups in total. The fourth-order valence-electron chi connectivity index (χ4n) is 3.01. The number of carbonyl (C=O) groups is 1. The lowest BCUT2D eigenvalue weighted by molar-refractivity contribution is -0.141. The number of pyridine rings is 1. The standard InChI is InChI=1S/C21H14BrF3N4OS/c22-13-3-6-18-16(8-13)17(9-14(28-18)4-5-15-2-1-7-31-15)20(30)26-10-12-11-27-29-19(12)21(23,24)25/h1-9,11H,10H2,(H,26,30)(H,27,29)/b5-4+. The Balaban J connectivity index is 1.65. The molecule has 5 nitrogen and oxygen atoms in total. The number of benzene rings is 1. The van der Waals surface area contributed by atoms with Gasteiger partial charge in [0, 0.05) is 26.8 Å². The first-order valence-electron chi connectivity index (χ1n) is 9.01. The molecule has 3 heterocycles. The first-order chi connectivity index (χ1) is 14.8. The molecule has 1 amide bonds. The Morgan fingerprint density at radius 3 is 2.81 bits per heavy atom. The van der Waals surface area contributed by atoms with E-state index in [0.717, 1.165) is 15.5 Å². The van der Waals surface area contributed by atoms with Crippen LogP contribution in [0.3, 0.4) is 0 Å². The van der Waals surface area contributed by atoms with Crippen LogP contribution < -0.4 is 5.32 Å². The second kappa shape index (κ2) is 8.64. The number of amides is 1. The number of hydrogen-bond donors (Lipinski definition) is 2. The average molecular weight is 507 g/mol. The van der Waals surface area contributed by atoms with Gasteiger partial charge in [-0.3, -0.25) is 9.89 Å². The van der Waals surface area contributed by atoms with Gasteiger partial charge in [-0.25, -0.2) is 4.98 Å². The van der Waals surface area contributed by atoms with Crippen LogP contribution >= 0.6 is 27.3 Å². The molecule has 0 saturated heterocycles. The number of carbonyl (C=O) groups excluding carboxylic acids is 1. The van der Waals surface area contributed by atoms with Gasteiger partial charge in [-0.2, -0.15) is 18.3 Å². The van der Waals surface area contributed by atoms with Gasteiger partial charge in [0.25, 0.3) is 5.91 Å². The Labute approximate surface area is 187 Å². The largest absolute Gasteiger partial charge is 0.433 e. The van der Waals surface area contributed by atoms with E-state index in [2.05, 4.69) is 31.3 Å². The monoisotopic (exact) mass is 506 g/mol. The molecular weight excluding hydrogens is 493 g/mol. The third kappa shape index (κ3) is 4.86. The molecule has 0 unspecified atom stereocenters. The van der Waals surface area contributed by atoms with E-state index < -0.39 is 17.8 Å². The number of alkyl halides is 3. The molecule has 0 aliphatic rings. The highest BCUT2D eigenvalue weighted by molar-refractivity contribution is 9.10. The molecule has 0 aliphatic heterocycles. The molecule has 0 bridgehead atoms. The van der Waals surface area contributed by atoms with Crippen molar-refractivity contribution in [3.05, 3.63) is 79.8 Å². The molecular formula is C21H14BrF3N4OS. The van der Waals surface area contributed by atoms with Crippen molar-refractivity contribution in [1.29, 1.82) is 0 Å². The fourth-order valence-corrected chi connectivity index (χ4v) is 3.99. The van der Waals surface area contributed by atoms with Crippen molar-refractivity contribution in [3.8, 4) is 0 Å². The van der Waals surface area contributed by atoms with Crippen molar-refractivity contribution in [2.24, 2.45) is 0 Å². The lowest BCUT2D eigenvalue weighted by atomic mass is 10.1. The lowest BCUT2D eigenvalue weighted by Gasteiger charge is -2.11. The first-order valence-corrected chi connectivity index (χ1v) is 10.7. The number of thiophene rings is 1. The van der Waals surface area contributed by atoms with E-state index in [1.807, 2.05) is 34.8 Å². The summed E-state index contributed by atoms with van der Waals surface area (Å²) in [5.41, 5.74) is 0.357. The first kappa shape index (κ1) is 21.3. The highest BCUT2D eigenvalue weighted by Crippen LogP contribution is 2.30. The predicted octanol–water partition coefficient (Wildman–Crippen LogP) is 5.90. The number of rotatable bonds is 5. The van der Waals surface area contributed by atoms with E-state index >= 15 is 0 Å². The van der Waals surface area contributed by atoms with E-state index in [0.29, 0.717) is 22.2 Å². The summed E-state index contributed by atoms with van der Waals surface area (Å²) >= 11 is 4.95. The SMILES string of the molecule is O=C(NCc1cn[nH]c1C(F)(F)F)c1cc(/C=C/c2cccs2)nc2ccc(Br)cc12. The van der Waals surface area contributed by atoms with Crippen LogP contribution in [0.25, 0.3) is 23.1 Å². The van der Waals surface area contributed by atoms with E-state index in [-0.39, 0.29) is 12.1 Å². The number of fused-ring (bicyclic) bond motifs is 1. The van der Waals surface area contributed by atoms with Crippen LogP contribution in [0.2, 0.25) is 0 Å². The summed E-state index contributed by atoms with van der Waals surface area (Å²) in [6, 6.07) is 10.8. The number of aromatic amines is 1. The minimum Gasteiger partial charge on any atom is -0.348 e. The van der Waals surface area contributed by atoms with Crippen LogP contribution in [0.1, 0.15) is 32.2 Å². The van der Waals surface area contributed by atoms with Gasteiger partial charge in [0.2, 0.25) is 0 Å². The summed E-state index contributed by atoms with van der Waals surface area (Å²) in [4.78, 5) is 18.5. The van der Waals surface area contributed by atoms with Gasteiger partial charge in [-0.15, -0.1) is 11.3 Å². The zero-order chi connectivity index (χ0) is 22.0. The fraction of sp³-hybridized carbons (Fsp3) is 0.0952. The lowest BCUT2D eigenvalue weighted by Crippen LogP contribution is -2.24. The smallest absolute Gasteiger partial charge is 0.348 e. The second-order valence-electron chi connectivity index (χ2n) is 6.56. The Bertz CT molecular complexity index is 1270. The van der Waals surface area contributed by atoms with Crippen LogP contribution in [-0.4, -0.2) is 21.1 Å². The molecule has 0 spiro atoms. The quantitative estimate of drug-likeness (QED) is 0.354. The summed E-state index contributed by atoms with van der Waals surface area (Å²) < 4.78 is 39.9. The molecule has 0 aliphatic carbocycles. The van der Waals surface area contributed by atoms with Gasteiger partial charge in [0.05, 0.1) is 23.0 Å². The molecule has 1 aromatic carbocycles. The van der Waals surface area contributed by atoms with Gasteiger partial charge >= 0.3 is 6.18 Å². The van der Waals surface area contributed by atoms with Crippen molar-refractivity contribution < 1.29 is 18.0 Å². The Kier molecular flexibility index (Phi) is 5.92. The summed E-state index contributed by atoms with van der Waals surface area (Å²) in [7, 11) is 0. The van der Waals surface area contributed by atoms with Gasteiger partial charge < -0.3 is 5.32 Å². The number of nitrogens with zero attached hydrogens (tertiary/aromatic N) is 2. The molecule has 158 valence electrons. The second-order valence-corrected chi connectivity index (χ2v) is 8.45. The molecule has 0 saturated carbocycles. The van der Waals surface area contributed by atoms with Gasteiger partial charge in [0.1, 0.15) is 5.69 Å². The van der Waals surface area contributed by atoms with Gasteiger partial charge in [0.15, 0.2) is 0 Å². The average Bonchev–Trinajstić information content (AvgIpc) is 3.41. The minimum atomic E-state index is -4.58. The van der Waals surface area contributed by atoms with Crippen LogP contribution in [0.15, 0.2) is 52.4 Å². The van der Waals surface area contributed by atoms with Crippen molar-refractivity contribution in [1.82, 2.24) is 20.5 Å². The normalized spacial score (nSPS) is 12.0. The zero-order valence-electron chi connectivity index (χ0n) is 15.7. The van der Waals surface area contributed by atoms with E-state index in [9.17, 15) is 18.0 Å². The van der Waals surface area contributed by atoms with Crippen molar-refractivity contribution in [3.63, 3.8) is 0 Å². The molecule has 4 aromatic rings. The number of nitrogens with one attached hydrogen (secondary N) is 2. The highest BCUT2D eigenvalue weighted by atomic mass is 79.9. The maximum atomic E-state index is 13.0. The Morgan fingerprint density at radius 1 is 1.23 bits per heavy atom. The van der Waals surface area contributed by atoms with Crippen molar-refractivity contribution >= 4 is 56.2 Å². The van der Waals surface area contributed by atoms with E-state index in [1.165, 1.54) is 0 Å². The zero-order valence-corrected chi connectivity index (χ0v) is 18.1. The van der Waals surface area contributed by atoms with Crippen molar-refractivity contribution in [2.75, 3.05) is 0 Å². The number of halogens is 4. The van der Waals surface area contributed by atoms with Crippen molar-refractivity contribution in [2.45, 2.75) is 12.7 Å². The molecule has 31 heavy (non-hydrogen) atoms. The molecule has 4 rings (SSSR count). The summed E-state index contributed by atoms with van der Waals surface area (Å²) in [6.45, 7) is -0.317. The third-order valence-electron chi connectivity index (χ3n) is 4.44. The molecule has 3 aromatic heterocycles. The topological polar surface area (TPSA) is 70.7 Å². The van der Waals surface area contributed by atoms with Crippen LogP contribution in [0.5, 0.6) is 0 Å². The van der Waals surface area contributed by atoms with E-state index in [1.54, 1.807) is 35.6 Å². The van der Waals surface area contributed by atoms with Gasteiger partial charge in [-0.05, 0) is 47.9 Å². The highest BCUT2D eigenvalue weighted by Gasteiger charge is 2.35. The molecule has 0 radical (unpaired) electrons. The number of H-pyrrole nitrogens is 1. The molecule has 0 fully saturated rings.